The van der Waals surface area contributed by atoms with Crippen molar-refractivity contribution in [2.45, 2.75) is 44.9 Å². The van der Waals surface area contributed by atoms with Gasteiger partial charge in [-0.15, -0.1) is 11.6 Å². The summed E-state index contributed by atoms with van der Waals surface area (Å²) in [6, 6.07) is 0. The van der Waals surface area contributed by atoms with E-state index in [0.717, 1.165) is 31.2 Å². The minimum Gasteiger partial charge on any atom is -0.355 e. The predicted molar refractivity (Wildman–Crippen MR) is 69.0 cm³/mol. The highest BCUT2D eigenvalue weighted by atomic mass is 35.5. The average Bonchev–Trinajstić information content (AvgIpc) is 2.82. The Morgan fingerprint density at radius 1 is 1.18 bits per heavy atom. The molecule has 0 aromatic carbocycles. The summed E-state index contributed by atoms with van der Waals surface area (Å²) in [5.41, 5.74) is 0.207. The van der Waals surface area contributed by atoms with Crippen molar-refractivity contribution in [2.75, 3.05) is 12.4 Å². The van der Waals surface area contributed by atoms with Crippen molar-refractivity contribution in [1.29, 1.82) is 0 Å². The van der Waals surface area contributed by atoms with Gasteiger partial charge in [-0.25, -0.2) is 0 Å². The Kier molecular flexibility index (Phi) is 3.10. The molecule has 0 spiro atoms. The molecule has 0 aromatic rings. The second-order valence-electron chi connectivity index (χ2n) is 6.48. The minimum atomic E-state index is 0.207. The highest BCUT2D eigenvalue weighted by Gasteiger charge is 2.48. The largest absolute Gasteiger partial charge is 0.355 e. The summed E-state index contributed by atoms with van der Waals surface area (Å²) in [4.78, 5) is 12.1. The molecule has 0 saturated heterocycles. The molecule has 3 heteroatoms. The van der Waals surface area contributed by atoms with Crippen molar-refractivity contribution in [3.05, 3.63) is 0 Å². The summed E-state index contributed by atoms with van der Waals surface area (Å²) in [5.74, 6) is 3.09. The van der Waals surface area contributed by atoms with E-state index in [1.54, 1.807) is 0 Å². The summed E-state index contributed by atoms with van der Waals surface area (Å²) in [6.07, 6.45) is 8.59. The summed E-state index contributed by atoms with van der Waals surface area (Å²) in [7, 11) is 0. The van der Waals surface area contributed by atoms with Crippen LogP contribution in [-0.2, 0) is 4.79 Å². The molecule has 3 fully saturated rings. The van der Waals surface area contributed by atoms with Crippen molar-refractivity contribution < 1.29 is 4.79 Å². The zero-order valence-electron chi connectivity index (χ0n) is 10.4. The molecule has 1 amide bonds. The normalized spacial score (nSPS) is 37.8. The molecule has 0 radical (unpaired) electrons. The molecule has 3 aliphatic carbocycles. The van der Waals surface area contributed by atoms with Gasteiger partial charge in [-0.1, -0.05) is 12.8 Å². The van der Waals surface area contributed by atoms with Crippen LogP contribution in [0.2, 0.25) is 0 Å². The smallest absolute Gasteiger partial charge is 0.223 e. The van der Waals surface area contributed by atoms with E-state index < -0.39 is 0 Å². The monoisotopic (exact) mass is 255 g/mol. The van der Waals surface area contributed by atoms with E-state index in [1.165, 1.54) is 32.1 Å². The SMILES string of the molecule is O=C(NCC1(CCl)CCCC1)C1CC2CC2C1. The maximum Gasteiger partial charge on any atom is 0.223 e. The molecule has 2 atom stereocenters. The van der Waals surface area contributed by atoms with Gasteiger partial charge in [0.1, 0.15) is 0 Å². The highest BCUT2D eigenvalue weighted by Crippen LogP contribution is 2.54. The first-order valence-corrected chi connectivity index (χ1v) is 7.60. The number of amides is 1. The lowest BCUT2D eigenvalue weighted by Gasteiger charge is -2.27. The molecule has 3 aliphatic rings. The fraction of sp³-hybridized carbons (Fsp3) is 0.929. The average molecular weight is 256 g/mol. The third kappa shape index (κ3) is 2.33. The molecule has 96 valence electrons. The van der Waals surface area contributed by atoms with Crippen LogP contribution in [0.5, 0.6) is 0 Å². The summed E-state index contributed by atoms with van der Waals surface area (Å²) in [5, 5.41) is 3.18. The Labute approximate surface area is 108 Å². The van der Waals surface area contributed by atoms with E-state index in [2.05, 4.69) is 5.32 Å². The number of hydrogen-bond donors (Lipinski definition) is 1. The fourth-order valence-corrected chi connectivity index (χ4v) is 4.19. The van der Waals surface area contributed by atoms with Crippen LogP contribution >= 0.6 is 11.6 Å². The predicted octanol–water partition coefficient (Wildman–Crippen LogP) is 2.95. The third-order valence-electron chi connectivity index (χ3n) is 5.20. The summed E-state index contributed by atoms with van der Waals surface area (Å²) >= 11 is 6.09. The van der Waals surface area contributed by atoms with Crippen LogP contribution in [0.3, 0.4) is 0 Å². The van der Waals surface area contributed by atoms with E-state index in [-0.39, 0.29) is 5.41 Å². The third-order valence-corrected chi connectivity index (χ3v) is 5.77. The van der Waals surface area contributed by atoms with Crippen molar-refractivity contribution in [1.82, 2.24) is 5.32 Å². The summed E-state index contributed by atoms with van der Waals surface area (Å²) in [6.45, 7) is 0.807. The lowest BCUT2D eigenvalue weighted by Crippen LogP contribution is -2.39. The van der Waals surface area contributed by atoms with E-state index in [4.69, 9.17) is 11.6 Å². The van der Waals surface area contributed by atoms with Gasteiger partial charge in [-0.2, -0.15) is 0 Å². The number of carbonyl (C=O) groups excluding carboxylic acids is 1. The van der Waals surface area contributed by atoms with Gasteiger partial charge in [0, 0.05) is 23.8 Å². The van der Waals surface area contributed by atoms with Gasteiger partial charge in [-0.3, -0.25) is 4.79 Å². The van der Waals surface area contributed by atoms with E-state index in [0.29, 0.717) is 17.7 Å². The quantitative estimate of drug-likeness (QED) is 0.769. The minimum absolute atomic E-state index is 0.207. The number of halogens is 1. The van der Waals surface area contributed by atoms with Crippen LogP contribution in [0.25, 0.3) is 0 Å². The molecule has 3 saturated carbocycles. The number of hydrogen-bond acceptors (Lipinski definition) is 1. The first-order chi connectivity index (χ1) is 8.22. The maximum absolute atomic E-state index is 12.1. The second kappa shape index (κ2) is 4.46. The zero-order valence-corrected chi connectivity index (χ0v) is 11.1. The molecule has 1 N–H and O–H groups in total. The molecule has 0 bridgehead atoms. The Morgan fingerprint density at radius 2 is 1.82 bits per heavy atom. The Morgan fingerprint density at radius 3 is 2.41 bits per heavy atom. The molecule has 0 aliphatic heterocycles. The molecule has 0 heterocycles. The maximum atomic E-state index is 12.1. The van der Waals surface area contributed by atoms with Crippen LogP contribution < -0.4 is 5.32 Å². The molecular weight excluding hydrogens is 234 g/mol. The van der Waals surface area contributed by atoms with E-state index >= 15 is 0 Å². The standard InChI is InChI=1S/C14H22ClNO/c15-8-14(3-1-2-4-14)9-16-13(17)12-6-10-5-11(10)7-12/h10-12H,1-9H2,(H,16,17). The Hall–Kier alpha value is -0.240. The van der Waals surface area contributed by atoms with Gasteiger partial charge >= 0.3 is 0 Å². The molecule has 2 nitrogen and oxygen atoms in total. The number of nitrogens with one attached hydrogen (secondary N) is 1. The van der Waals surface area contributed by atoms with Crippen molar-refractivity contribution in [2.24, 2.45) is 23.2 Å². The van der Waals surface area contributed by atoms with Gasteiger partial charge in [0.05, 0.1) is 0 Å². The first-order valence-electron chi connectivity index (χ1n) is 7.06. The molecule has 3 rings (SSSR count). The van der Waals surface area contributed by atoms with Gasteiger partial charge in [-0.05, 0) is 43.9 Å². The number of carbonyl (C=O) groups is 1. The highest BCUT2D eigenvalue weighted by molar-refractivity contribution is 6.18. The van der Waals surface area contributed by atoms with Crippen LogP contribution in [0, 0.1) is 23.2 Å². The van der Waals surface area contributed by atoms with Crippen LogP contribution in [0.1, 0.15) is 44.9 Å². The topological polar surface area (TPSA) is 29.1 Å². The van der Waals surface area contributed by atoms with Crippen LogP contribution in [0.15, 0.2) is 0 Å². The zero-order chi connectivity index (χ0) is 11.9. The number of alkyl halides is 1. The number of fused-ring (bicyclic) bond motifs is 1. The Balaban J connectivity index is 1.48. The second-order valence-corrected chi connectivity index (χ2v) is 6.75. The van der Waals surface area contributed by atoms with Gasteiger partial charge in [0.25, 0.3) is 0 Å². The molecule has 17 heavy (non-hydrogen) atoms. The molecule has 2 unspecified atom stereocenters. The lowest BCUT2D eigenvalue weighted by atomic mass is 9.88. The van der Waals surface area contributed by atoms with Crippen molar-refractivity contribution in [3.63, 3.8) is 0 Å². The van der Waals surface area contributed by atoms with Gasteiger partial charge < -0.3 is 5.32 Å². The fourth-order valence-electron chi connectivity index (χ4n) is 3.83. The molecule has 0 aromatic heterocycles. The Bertz CT molecular complexity index is 301. The van der Waals surface area contributed by atoms with E-state index in [1.807, 2.05) is 0 Å². The van der Waals surface area contributed by atoms with Gasteiger partial charge in [0.15, 0.2) is 0 Å². The van der Waals surface area contributed by atoms with Crippen molar-refractivity contribution in [3.8, 4) is 0 Å². The number of rotatable bonds is 4. The first kappa shape index (κ1) is 11.8. The van der Waals surface area contributed by atoms with Crippen LogP contribution in [-0.4, -0.2) is 18.3 Å². The van der Waals surface area contributed by atoms with Crippen LogP contribution in [0.4, 0.5) is 0 Å². The summed E-state index contributed by atoms with van der Waals surface area (Å²) < 4.78 is 0. The van der Waals surface area contributed by atoms with Gasteiger partial charge in [0.2, 0.25) is 5.91 Å². The lowest BCUT2D eigenvalue weighted by molar-refractivity contribution is -0.125. The van der Waals surface area contributed by atoms with Crippen molar-refractivity contribution >= 4 is 17.5 Å². The molecular formula is C14H22ClNO. The van der Waals surface area contributed by atoms with E-state index in [9.17, 15) is 4.79 Å².